The number of rotatable bonds is 7. The number of benzene rings is 2. The fourth-order valence-corrected chi connectivity index (χ4v) is 4.17. The van der Waals surface area contributed by atoms with Gasteiger partial charge in [0.25, 0.3) is 11.6 Å². The summed E-state index contributed by atoms with van der Waals surface area (Å²) in [6, 6.07) is 8.11. The zero-order valence-electron chi connectivity index (χ0n) is 16.1. The van der Waals surface area contributed by atoms with Gasteiger partial charge >= 0.3 is 6.18 Å². The molecule has 1 heterocycles. The van der Waals surface area contributed by atoms with Crippen molar-refractivity contribution >= 4 is 63.0 Å². The number of anilines is 2. The topological polar surface area (TPSA) is 127 Å². The molecule has 0 unspecified atom stereocenters. The van der Waals surface area contributed by atoms with Gasteiger partial charge in [0.05, 0.1) is 21.9 Å². The third-order valence-corrected chi connectivity index (χ3v) is 6.16. The van der Waals surface area contributed by atoms with Gasteiger partial charge in [-0.25, -0.2) is 0 Å². The molecule has 0 aliphatic rings. The molecule has 2 N–H and O–H groups in total. The molecule has 2 amide bonds. The lowest BCUT2D eigenvalue weighted by atomic mass is 10.1. The third-order valence-electron chi connectivity index (χ3n) is 3.87. The average Bonchev–Trinajstić information content (AvgIpc) is 3.19. The van der Waals surface area contributed by atoms with Gasteiger partial charge in [0.15, 0.2) is 4.34 Å². The number of thioether (sulfide) groups is 1. The number of nitrogens with one attached hydrogen (secondary N) is 2. The molecule has 1 aromatic heterocycles. The van der Waals surface area contributed by atoms with E-state index in [1.54, 1.807) is 0 Å². The number of aromatic nitrogens is 2. The van der Waals surface area contributed by atoms with E-state index in [4.69, 9.17) is 11.6 Å². The maximum absolute atomic E-state index is 13.0. The van der Waals surface area contributed by atoms with Crippen LogP contribution in [0.15, 0.2) is 46.8 Å². The fourth-order valence-electron chi connectivity index (χ4n) is 2.43. The van der Waals surface area contributed by atoms with Crippen molar-refractivity contribution in [2.45, 2.75) is 10.5 Å². The van der Waals surface area contributed by atoms with E-state index < -0.39 is 34.2 Å². The van der Waals surface area contributed by atoms with Gasteiger partial charge in [0.2, 0.25) is 11.0 Å². The van der Waals surface area contributed by atoms with Gasteiger partial charge < -0.3 is 5.32 Å². The Kier molecular flexibility index (Phi) is 7.50. The molecule has 0 spiro atoms. The molecule has 0 aliphatic carbocycles. The molecular formula is C18H11ClF3N5O4S2. The van der Waals surface area contributed by atoms with Crippen molar-refractivity contribution in [2.75, 3.05) is 16.4 Å². The van der Waals surface area contributed by atoms with E-state index in [9.17, 15) is 32.9 Å². The van der Waals surface area contributed by atoms with Crippen LogP contribution in [0.25, 0.3) is 0 Å². The second-order valence-electron chi connectivity index (χ2n) is 6.13. The molecule has 0 fully saturated rings. The van der Waals surface area contributed by atoms with Crippen LogP contribution in [0.1, 0.15) is 15.9 Å². The predicted molar refractivity (Wildman–Crippen MR) is 117 cm³/mol. The van der Waals surface area contributed by atoms with Crippen molar-refractivity contribution in [3.8, 4) is 0 Å². The van der Waals surface area contributed by atoms with Crippen LogP contribution in [-0.4, -0.2) is 32.7 Å². The van der Waals surface area contributed by atoms with Crippen LogP contribution in [-0.2, 0) is 11.0 Å². The Balaban J connectivity index is 1.58. The highest BCUT2D eigenvalue weighted by Crippen LogP contribution is 2.35. The summed E-state index contributed by atoms with van der Waals surface area (Å²) in [6.07, 6.45) is -4.62. The Morgan fingerprint density at radius 1 is 1.15 bits per heavy atom. The van der Waals surface area contributed by atoms with E-state index in [1.807, 2.05) is 0 Å². The highest BCUT2D eigenvalue weighted by atomic mass is 35.5. The smallest absolute Gasteiger partial charge is 0.325 e. The van der Waals surface area contributed by atoms with Gasteiger partial charge in [-0.1, -0.05) is 46.8 Å². The maximum Gasteiger partial charge on any atom is 0.418 e. The van der Waals surface area contributed by atoms with Crippen LogP contribution in [0, 0.1) is 10.1 Å². The zero-order valence-corrected chi connectivity index (χ0v) is 18.4. The number of carbonyl (C=O) groups excluding carboxylic acids is 2. The van der Waals surface area contributed by atoms with Crippen LogP contribution in [0.5, 0.6) is 0 Å². The first kappa shape index (κ1) is 24.4. The van der Waals surface area contributed by atoms with Crippen molar-refractivity contribution in [3.63, 3.8) is 0 Å². The van der Waals surface area contributed by atoms with Crippen LogP contribution in [0.3, 0.4) is 0 Å². The lowest BCUT2D eigenvalue weighted by molar-refractivity contribution is -0.384. The van der Waals surface area contributed by atoms with Gasteiger partial charge in [-0.15, -0.1) is 10.2 Å². The molecule has 3 rings (SSSR count). The fraction of sp³-hybridized carbons (Fsp3) is 0.111. The SMILES string of the molecule is O=C(CSc1nnc(NC(=O)c2ccc(Cl)c([N+](=O)[O-])c2)s1)Nc1ccccc1C(F)(F)F. The molecule has 3 aromatic rings. The first-order valence-corrected chi connectivity index (χ1v) is 10.9. The molecule has 0 radical (unpaired) electrons. The highest BCUT2D eigenvalue weighted by Gasteiger charge is 2.33. The number of amides is 2. The molecule has 2 aromatic carbocycles. The summed E-state index contributed by atoms with van der Waals surface area (Å²) in [5.74, 6) is -1.63. The number of para-hydroxylation sites is 1. The lowest BCUT2D eigenvalue weighted by Gasteiger charge is -2.13. The van der Waals surface area contributed by atoms with Crippen molar-refractivity contribution in [3.05, 3.63) is 68.7 Å². The van der Waals surface area contributed by atoms with E-state index in [2.05, 4.69) is 20.8 Å². The lowest BCUT2D eigenvalue weighted by Crippen LogP contribution is -2.18. The Labute approximate surface area is 196 Å². The molecular weight excluding hydrogens is 507 g/mol. The van der Waals surface area contributed by atoms with Gasteiger partial charge in [-0.3, -0.25) is 25.0 Å². The Morgan fingerprint density at radius 2 is 1.88 bits per heavy atom. The molecule has 172 valence electrons. The first-order chi connectivity index (χ1) is 15.5. The minimum Gasteiger partial charge on any atom is -0.325 e. The minimum atomic E-state index is -4.62. The predicted octanol–water partition coefficient (Wildman–Crippen LogP) is 5.10. The normalized spacial score (nSPS) is 11.2. The molecule has 15 heteroatoms. The highest BCUT2D eigenvalue weighted by molar-refractivity contribution is 8.01. The third kappa shape index (κ3) is 6.40. The number of nitro groups is 1. The van der Waals surface area contributed by atoms with E-state index in [0.29, 0.717) is 0 Å². The molecule has 33 heavy (non-hydrogen) atoms. The number of hydrogen-bond donors (Lipinski definition) is 2. The minimum absolute atomic E-state index is 0.0294. The molecule has 0 aliphatic heterocycles. The van der Waals surface area contributed by atoms with Crippen LogP contribution in [0.4, 0.5) is 29.7 Å². The number of carbonyl (C=O) groups is 2. The zero-order chi connectivity index (χ0) is 24.2. The second kappa shape index (κ2) is 10.1. The number of nitrogens with zero attached hydrogens (tertiary/aromatic N) is 3. The Morgan fingerprint density at radius 3 is 2.58 bits per heavy atom. The Hall–Kier alpha value is -3.23. The summed E-state index contributed by atoms with van der Waals surface area (Å²) < 4.78 is 39.3. The summed E-state index contributed by atoms with van der Waals surface area (Å²) in [4.78, 5) is 34.6. The average molecular weight is 518 g/mol. The molecule has 9 nitrogen and oxygen atoms in total. The van der Waals surface area contributed by atoms with Crippen molar-refractivity contribution < 1.29 is 27.7 Å². The molecule has 0 saturated heterocycles. The van der Waals surface area contributed by atoms with E-state index in [0.717, 1.165) is 41.3 Å². The van der Waals surface area contributed by atoms with Crippen LogP contribution < -0.4 is 10.6 Å². The van der Waals surface area contributed by atoms with Crippen molar-refractivity contribution in [1.29, 1.82) is 0 Å². The molecule has 0 atom stereocenters. The summed E-state index contributed by atoms with van der Waals surface area (Å²) in [6.45, 7) is 0. The number of halogens is 4. The number of alkyl halides is 3. The molecule has 0 saturated carbocycles. The van der Waals surface area contributed by atoms with Gasteiger partial charge in [0, 0.05) is 11.6 Å². The summed E-state index contributed by atoms with van der Waals surface area (Å²) in [5.41, 5.74) is -1.79. The Bertz CT molecular complexity index is 1220. The largest absolute Gasteiger partial charge is 0.418 e. The van der Waals surface area contributed by atoms with Gasteiger partial charge in [-0.05, 0) is 24.3 Å². The van der Waals surface area contributed by atoms with E-state index >= 15 is 0 Å². The van der Waals surface area contributed by atoms with Gasteiger partial charge in [0.1, 0.15) is 5.02 Å². The van der Waals surface area contributed by atoms with E-state index in [-0.39, 0.29) is 31.5 Å². The van der Waals surface area contributed by atoms with Crippen molar-refractivity contribution in [1.82, 2.24) is 10.2 Å². The van der Waals surface area contributed by atoms with Crippen molar-refractivity contribution in [2.24, 2.45) is 0 Å². The second-order valence-corrected chi connectivity index (χ2v) is 8.74. The summed E-state index contributed by atoms with van der Waals surface area (Å²) in [5, 5.41) is 23.0. The standard InChI is InChI=1S/C18H11ClF3N5O4S2/c19-11-6-5-9(7-13(11)27(30)31)15(29)24-16-25-26-17(33-16)32-8-14(28)23-12-4-2-1-3-10(12)18(20,21)22/h1-7H,8H2,(H,23,28)(H,24,25,29). The van der Waals surface area contributed by atoms with E-state index in [1.165, 1.54) is 24.3 Å². The first-order valence-electron chi connectivity index (χ1n) is 8.72. The van der Waals surface area contributed by atoms with Gasteiger partial charge in [-0.2, -0.15) is 13.2 Å². The maximum atomic E-state index is 13.0. The van der Waals surface area contributed by atoms with Crippen LogP contribution >= 0.6 is 34.7 Å². The summed E-state index contributed by atoms with van der Waals surface area (Å²) >= 11 is 7.54. The summed E-state index contributed by atoms with van der Waals surface area (Å²) in [7, 11) is 0. The van der Waals surface area contributed by atoms with Crippen LogP contribution in [0.2, 0.25) is 5.02 Å². The quantitative estimate of drug-likeness (QED) is 0.193. The molecule has 0 bridgehead atoms. The number of hydrogen-bond acceptors (Lipinski definition) is 8. The number of nitro benzene ring substituents is 1. The monoisotopic (exact) mass is 517 g/mol.